The largest absolute Gasteiger partial charge is 0.466 e. The number of methoxy groups -OCH3 is 1. The molecule has 1 amide bonds. The van der Waals surface area contributed by atoms with Crippen LogP contribution in [0.4, 0.5) is 0 Å². The van der Waals surface area contributed by atoms with Crippen LogP contribution in [-0.4, -0.2) is 75.4 Å². The second kappa shape index (κ2) is 8.28. The normalized spacial score (nSPS) is 15.4. The summed E-state index contributed by atoms with van der Waals surface area (Å²) in [5.74, 6) is -1.64. The summed E-state index contributed by atoms with van der Waals surface area (Å²) >= 11 is 0. The van der Waals surface area contributed by atoms with Crippen LogP contribution in [0.3, 0.4) is 0 Å². The average molecular weight is 384 g/mol. The summed E-state index contributed by atoms with van der Waals surface area (Å²) < 4.78 is 35.9. The second-order valence-corrected chi connectivity index (χ2v) is 7.53. The van der Waals surface area contributed by atoms with Crippen LogP contribution < -0.4 is 0 Å². The number of carbonyl (C=O) groups is 3. The Morgan fingerprint density at radius 3 is 2.35 bits per heavy atom. The van der Waals surface area contributed by atoms with Crippen LogP contribution in [0.1, 0.15) is 17.3 Å². The third-order valence-corrected chi connectivity index (χ3v) is 5.83. The molecule has 9 nitrogen and oxygen atoms in total. The van der Waals surface area contributed by atoms with Gasteiger partial charge in [0, 0.05) is 33.1 Å². The monoisotopic (exact) mass is 384 g/mol. The average Bonchev–Trinajstić information content (AvgIpc) is 2.65. The molecule has 0 N–H and O–H groups in total. The Kier molecular flexibility index (Phi) is 6.32. The minimum absolute atomic E-state index is 0.0114. The van der Waals surface area contributed by atoms with Crippen molar-refractivity contribution in [3.05, 3.63) is 29.8 Å². The lowest BCUT2D eigenvalue weighted by Gasteiger charge is -2.33. The van der Waals surface area contributed by atoms with Crippen molar-refractivity contribution < 1.29 is 32.3 Å². The summed E-state index contributed by atoms with van der Waals surface area (Å²) in [4.78, 5) is 35.9. The van der Waals surface area contributed by atoms with Gasteiger partial charge >= 0.3 is 11.9 Å². The first-order valence-electron chi connectivity index (χ1n) is 7.85. The van der Waals surface area contributed by atoms with Crippen molar-refractivity contribution in [3.8, 4) is 0 Å². The van der Waals surface area contributed by atoms with Crippen LogP contribution in [0.5, 0.6) is 0 Å². The molecule has 0 aromatic heterocycles. The molecule has 0 aliphatic carbocycles. The van der Waals surface area contributed by atoms with Crippen LogP contribution in [0.2, 0.25) is 0 Å². The van der Waals surface area contributed by atoms with Gasteiger partial charge in [0.2, 0.25) is 15.9 Å². The Hall–Kier alpha value is -2.46. The van der Waals surface area contributed by atoms with Gasteiger partial charge in [0.15, 0.2) is 6.61 Å². The second-order valence-electron chi connectivity index (χ2n) is 5.59. The van der Waals surface area contributed by atoms with Crippen LogP contribution in [0.25, 0.3) is 0 Å². The zero-order chi connectivity index (χ0) is 19.3. The lowest BCUT2D eigenvalue weighted by molar-refractivity contribution is -0.144. The highest BCUT2D eigenvalue weighted by atomic mass is 32.2. The maximum absolute atomic E-state index is 12.7. The third-order valence-electron chi connectivity index (χ3n) is 3.94. The van der Waals surface area contributed by atoms with Crippen molar-refractivity contribution in [2.45, 2.75) is 11.8 Å². The first-order valence-corrected chi connectivity index (χ1v) is 9.29. The van der Waals surface area contributed by atoms with E-state index in [-0.39, 0.29) is 29.5 Å². The number of rotatable bonds is 5. The molecule has 0 atom stereocenters. The third kappa shape index (κ3) is 4.58. The van der Waals surface area contributed by atoms with Gasteiger partial charge in [-0.1, -0.05) is 6.07 Å². The Balaban J connectivity index is 2.12. The summed E-state index contributed by atoms with van der Waals surface area (Å²) in [6, 6.07) is 5.40. The summed E-state index contributed by atoms with van der Waals surface area (Å²) in [5.41, 5.74) is 0.0114. The predicted octanol–water partition coefficient (Wildman–Crippen LogP) is -0.131. The van der Waals surface area contributed by atoms with Gasteiger partial charge in [-0.25, -0.2) is 18.0 Å². The van der Waals surface area contributed by atoms with E-state index < -0.39 is 28.6 Å². The van der Waals surface area contributed by atoms with Gasteiger partial charge < -0.3 is 14.4 Å². The number of amides is 1. The fourth-order valence-corrected chi connectivity index (χ4v) is 3.91. The first-order chi connectivity index (χ1) is 12.3. The highest BCUT2D eigenvalue weighted by Gasteiger charge is 2.29. The minimum atomic E-state index is -3.81. The highest BCUT2D eigenvalue weighted by Crippen LogP contribution is 2.19. The van der Waals surface area contributed by atoms with E-state index in [1.54, 1.807) is 4.90 Å². The molecule has 1 aromatic rings. The molecule has 26 heavy (non-hydrogen) atoms. The molecular weight excluding hydrogens is 364 g/mol. The van der Waals surface area contributed by atoms with E-state index in [0.29, 0.717) is 13.1 Å². The molecule has 1 aromatic carbocycles. The molecule has 0 saturated carbocycles. The number of ether oxygens (including phenoxy) is 2. The van der Waals surface area contributed by atoms with Gasteiger partial charge in [0.05, 0.1) is 17.6 Å². The van der Waals surface area contributed by atoms with E-state index in [1.165, 1.54) is 35.5 Å². The van der Waals surface area contributed by atoms with Gasteiger partial charge in [-0.15, -0.1) is 0 Å². The van der Waals surface area contributed by atoms with E-state index in [1.807, 2.05) is 0 Å². The number of esters is 2. The number of carbonyl (C=O) groups excluding carboxylic acids is 3. The Labute approximate surface area is 151 Å². The summed E-state index contributed by atoms with van der Waals surface area (Å²) in [5, 5.41) is 0. The molecular formula is C16H20N2O7S. The molecule has 142 valence electrons. The molecule has 0 bridgehead atoms. The van der Waals surface area contributed by atoms with Crippen molar-refractivity contribution in [2.75, 3.05) is 39.9 Å². The van der Waals surface area contributed by atoms with E-state index in [9.17, 15) is 22.8 Å². The summed E-state index contributed by atoms with van der Waals surface area (Å²) in [6.45, 7) is 1.87. The molecule has 0 unspecified atom stereocenters. The lowest BCUT2D eigenvalue weighted by atomic mass is 10.2. The Morgan fingerprint density at radius 2 is 1.77 bits per heavy atom. The number of sulfonamides is 1. The highest BCUT2D eigenvalue weighted by molar-refractivity contribution is 7.89. The Bertz CT molecular complexity index is 799. The minimum Gasteiger partial charge on any atom is -0.466 e. The van der Waals surface area contributed by atoms with Crippen molar-refractivity contribution in [2.24, 2.45) is 0 Å². The van der Waals surface area contributed by atoms with Crippen molar-refractivity contribution in [1.29, 1.82) is 0 Å². The predicted molar refractivity (Wildman–Crippen MR) is 89.8 cm³/mol. The van der Waals surface area contributed by atoms with E-state index in [0.717, 1.165) is 7.11 Å². The van der Waals surface area contributed by atoms with Gasteiger partial charge in [-0.05, 0) is 18.2 Å². The van der Waals surface area contributed by atoms with Crippen molar-refractivity contribution in [1.82, 2.24) is 9.21 Å². The first kappa shape index (κ1) is 19.9. The number of nitrogens with zero attached hydrogens (tertiary/aromatic N) is 2. The van der Waals surface area contributed by atoms with E-state index in [4.69, 9.17) is 4.74 Å². The molecule has 0 spiro atoms. The molecule has 1 fully saturated rings. The molecule has 1 saturated heterocycles. The zero-order valence-electron chi connectivity index (χ0n) is 14.5. The number of piperazine rings is 1. The van der Waals surface area contributed by atoms with E-state index in [2.05, 4.69) is 4.74 Å². The molecule has 2 rings (SSSR count). The fraction of sp³-hybridized carbons (Fsp3) is 0.438. The van der Waals surface area contributed by atoms with Gasteiger partial charge in [0.25, 0.3) is 0 Å². The van der Waals surface area contributed by atoms with Gasteiger partial charge in [-0.2, -0.15) is 4.31 Å². The topological polar surface area (TPSA) is 110 Å². The smallest absolute Gasteiger partial charge is 0.344 e. The van der Waals surface area contributed by atoms with Crippen molar-refractivity contribution >= 4 is 27.9 Å². The van der Waals surface area contributed by atoms with Gasteiger partial charge in [-0.3, -0.25) is 4.79 Å². The number of hydrogen-bond donors (Lipinski definition) is 0. The SMILES string of the molecule is COC(=O)COC(=O)c1cccc(S(=O)(=O)N2CCN(C(C)=O)CC2)c1. The maximum atomic E-state index is 12.7. The standard InChI is InChI=1S/C16H20N2O7S/c1-12(19)17-6-8-18(9-7-17)26(22,23)14-5-3-4-13(10-14)16(21)25-11-15(20)24-2/h3-5,10H,6-9,11H2,1-2H3. The molecule has 0 radical (unpaired) electrons. The molecule has 1 aliphatic rings. The van der Waals surface area contributed by atoms with E-state index >= 15 is 0 Å². The van der Waals surface area contributed by atoms with Crippen molar-refractivity contribution in [3.63, 3.8) is 0 Å². The zero-order valence-corrected chi connectivity index (χ0v) is 15.3. The van der Waals surface area contributed by atoms with Crippen LogP contribution in [0.15, 0.2) is 29.2 Å². The molecule has 1 heterocycles. The van der Waals surface area contributed by atoms with Crippen LogP contribution >= 0.6 is 0 Å². The molecule has 10 heteroatoms. The number of hydrogen-bond acceptors (Lipinski definition) is 7. The number of benzene rings is 1. The van der Waals surface area contributed by atoms with Gasteiger partial charge in [0.1, 0.15) is 0 Å². The summed E-state index contributed by atoms with van der Waals surface area (Å²) in [6.07, 6.45) is 0. The fourth-order valence-electron chi connectivity index (χ4n) is 2.44. The van der Waals surface area contributed by atoms with Crippen LogP contribution in [0, 0.1) is 0 Å². The molecule has 1 aliphatic heterocycles. The lowest BCUT2D eigenvalue weighted by Crippen LogP contribution is -2.49. The maximum Gasteiger partial charge on any atom is 0.344 e. The quantitative estimate of drug-likeness (QED) is 0.650. The Morgan fingerprint density at radius 1 is 1.12 bits per heavy atom. The summed E-state index contributed by atoms with van der Waals surface area (Å²) in [7, 11) is -2.65. The van der Waals surface area contributed by atoms with Crippen LogP contribution in [-0.2, 0) is 29.1 Å².